The van der Waals surface area contributed by atoms with E-state index in [0.29, 0.717) is 5.41 Å². The zero-order chi connectivity index (χ0) is 24.8. The Morgan fingerprint density at radius 2 is 0.909 bits per heavy atom. The first-order valence-electron chi connectivity index (χ1n) is 14.8. The highest BCUT2D eigenvalue weighted by molar-refractivity contribution is 6.27. The van der Waals surface area contributed by atoms with E-state index in [2.05, 4.69) is 63.2 Å². The topological polar surface area (TPSA) is 19.0 Å². The largest absolute Gasteiger partial charge is 0.424 e. The minimum Gasteiger partial charge on any atom is -0.424 e. The van der Waals surface area contributed by atoms with Crippen LogP contribution in [0.4, 0.5) is 0 Å². The Morgan fingerprint density at radius 3 is 1.21 bits per heavy atom. The van der Waals surface area contributed by atoms with Gasteiger partial charge in [-0.1, -0.05) is 54.9 Å². The lowest BCUT2D eigenvalue weighted by Gasteiger charge is -2.45. The second-order valence-corrected chi connectivity index (χ2v) is 11.9. The summed E-state index contributed by atoms with van der Waals surface area (Å²) in [5, 5.41) is 0. The molecule has 4 nitrogen and oxygen atoms in total. The normalized spacial score (nSPS) is 12.9. The highest BCUT2D eigenvalue weighted by Gasteiger charge is 2.35. The molecule has 0 aromatic heterocycles. The molecule has 0 amide bonds. The zero-order valence-electron chi connectivity index (χ0n) is 24.1. The fraction of sp³-hybridized carbons (Fsp3) is 1.00. The second kappa shape index (κ2) is 22.5. The monoisotopic (exact) mass is 485 g/mol. The molecule has 0 fully saturated rings. The van der Waals surface area contributed by atoms with Crippen LogP contribution in [0.3, 0.4) is 0 Å². The molecule has 200 valence electrons. The summed E-state index contributed by atoms with van der Waals surface area (Å²) in [4.78, 5) is 8.39. The minimum atomic E-state index is -0.415. The van der Waals surface area contributed by atoms with E-state index in [0.717, 1.165) is 6.61 Å². The summed E-state index contributed by atoms with van der Waals surface area (Å²) in [5.74, 6) is 0. The molecule has 5 heteroatoms. The van der Waals surface area contributed by atoms with Gasteiger partial charge in [-0.05, 0) is 96.7 Å². The molecule has 33 heavy (non-hydrogen) atoms. The van der Waals surface area contributed by atoms with Crippen LogP contribution in [0.1, 0.15) is 106 Å². The lowest BCUT2D eigenvalue weighted by atomic mass is 9.82. The molecule has 0 saturated heterocycles. The van der Waals surface area contributed by atoms with Crippen molar-refractivity contribution in [1.82, 2.24) is 14.7 Å². The van der Waals surface area contributed by atoms with Crippen molar-refractivity contribution in [2.75, 3.05) is 65.5 Å². The third-order valence-corrected chi connectivity index (χ3v) is 7.77. The van der Waals surface area contributed by atoms with E-state index in [9.17, 15) is 0 Å². The Labute approximate surface area is 212 Å². The fourth-order valence-electron chi connectivity index (χ4n) is 5.42. The van der Waals surface area contributed by atoms with Gasteiger partial charge in [0.1, 0.15) is 0 Å². The molecule has 0 unspecified atom stereocenters. The number of unbranched alkanes of at least 4 members (excludes halogenated alkanes) is 1. The molecule has 0 rings (SSSR count). The molecule has 0 aliphatic heterocycles. The molecular formula is C28H63N3OSi. The van der Waals surface area contributed by atoms with Crippen LogP contribution in [0.5, 0.6) is 0 Å². The Balaban J connectivity index is 5.81. The van der Waals surface area contributed by atoms with Crippen molar-refractivity contribution in [3.8, 4) is 0 Å². The van der Waals surface area contributed by atoms with Gasteiger partial charge in [0.25, 0.3) is 0 Å². The molecule has 0 aliphatic carbocycles. The number of hydrogen-bond donors (Lipinski definition) is 0. The zero-order valence-corrected chi connectivity index (χ0v) is 25.5. The maximum Gasteiger partial charge on any atom is 0.161 e. The summed E-state index contributed by atoms with van der Waals surface area (Å²) in [6, 6.07) is 1.33. The van der Waals surface area contributed by atoms with Crippen LogP contribution in [0, 0.1) is 5.41 Å². The molecule has 0 N–H and O–H groups in total. The lowest BCUT2D eigenvalue weighted by Crippen LogP contribution is -2.52. The highest BCUT2D eigenvalue weighted by Crippen LogP contribution is 2.30. The van der Waals surface area contributed by atoms with Gasteiger partial charge in [-0.15, -0.1) is 0 Å². The van der Waals surface area contributed by atoms with Crippen molar-refractivity contribution in [1.29, 1.82) is 0 Å². The average Bonchev–Trinajstić information content (AvgIpc) is 2.77. The van der Waals surface area contributed by atoms with Gasteiger partial charge >= 0.3 is 0 Å². The highest BCUT2D eigenvalue weighted by atomic mass is 28.2. The summed E-state index contributed by atoms with van der Waals surface area (Å²) >= 11 is 0. The van der Waals surface area contributed by atoms with Gasteiger partial charge in [-0.2, -0.15) is 0 Å². The quantitative estimate of drug-likeness (QED) is 0.116. The first-order chi connectivity index (χ1) is 16.0. The predicted octanol–water partition coefficient (Wildman–Crippen LogP) is 6.05. The molecular weight excluding hydrogens is 422 g/mol. The van der Waals surface area contributed by atoms with E-state index in [1.807, 2.05) is 0 Å². The van der Waals surface area contributed by atoms with Crippen molar-refractivity contribution < 1.29 is 4.43 Å². The molecule has 0 aliphatic rings. The van der Waals surface area contributed by atoms with Gasteiger partial charge in [0.2, 0.25) is 0 Å². The van der Waals surface area contributed by atoms with Crippen LogP contribution in [0.25, 0.3) is 0 Å². The summed E-state index contributed by atoms with van der Waals surface area (Å²) in [5.41, 5.74) is 0.347. The van der Waals surface area contributed by atoms with E-state index < -0.39 is 9.76 Å². The van der Waals surface area contributed by atoms with Crippen LogP contribution in [0.2, 0.25) is 6.04 Å². The molecule has 0 aromatic rings. The SMILES string of the molecule is CCCCO[SiH2]CCC(CN(CCC)CCC)(CN(CCC)CCC)CN(CCC)CCC. The van der Waals surface area contributed by atoms with Crippen LogP contribution in [-0.2, 0) is 4.43 Å². The predicted molar refractivity (Wildman–Crippen MR) is 152 cm³/mol. The Hall–Kier alpha value is 0.0569. The van der Waals surface area contributed by atoms with E-state index in [1.54, 1.807) is 0 Å². The first kappa shape index (κ1) is 33.1. The van der Waals surface area contributed by atoms with E-state index in [4.69, 9.17) is 4.43 Å². The molecule has 0 bridgehead atoms. The van der Waals surface area contributed by atoms with Gasteiger partial charge in [-0.25, -0.2) is 0 Å². The van der Waals surface area contributed by atoms with Gasteiger partial charge in [0.05, 0.1) is 0 Å². The fourth-order valence-corrected chi connectivity index (χ4v) is 6.92. The molecule has 0 radical (unpaired) electrons. The second-order valence-electron chi connectivity index (χ2n) is 10.4. The third kappa shape index (κ3) is 16.4. The molecule has 0 aromatic carbocycles. The third-order valence-electron chi connectivity index (χ3n) is 6.55. The van der Waals surface area contributed by atoms with Crippen LogP contribution < -0.4 is 0 Å². The van der Waals surface area contributed by atoms with Crippen molar-refractivity contribution in [3.63, 3.8) is 0 Å². The lowest BCUT2D eigenvalue weighted by molar-refractivity contribution is 0.0484. The molecule has 0 heterocycles. The Morgan fingerprint density at radius 1 is 0.545 bits per heavy atom. The summed E-state index contributed by atoms with van der Waals surface area (Å²) in [6.07, 6.45) is 11.3. The van der Waals surface area contributed by atoms with Crippen molar-refractivity contribution >= 4 is 9.76 Å². The molecule has 0 atom stereocenters. The van der Waals surface area contributed by atoms with Gasteiger partial charge in [0, 0.05) is 31.7 Å². The summed E-state index contributed by atoms with van der Waals surface area (Å²) < 4.78 is 6.17. The maximum atomic E-state index is 6.17. The smallest absolute Gasteiger partial charge is 0.161 e. The van der Waals surface area contributed by atoms with Crippen LogP contribution in [0.15, 0.2) is 0 Å². The van der Waals surface area contributed by atoms with Crippen LogP contribution in [-0.4, -0.2) is 90.0 Å². The van der Waals surface area contributed by atoms with Gasteiger partial charge in [0.15, 0.2) is 9.76 Å². The van der Waals surface area contributed by atoms with E-state index in [-0.39, 0.29) is 0 Å². The molecule has 0 saturated carbocycles. The number of rotatable bonds is 25. The van der Waals surface area contributed by atoms with Gasteiger partial charge in [-0.3, -0.25) is 0 Å². The molecule has 0 spiro atoms. The number of hydrogen-bond acceptors (Lipinski definition) is 4. The minimum absolute atomic E-state index is 0.347. The van der Waals surface area contributed by atoms with Crippen LogP contribution >= 0.6 is 0 Å². The summed E-state index contributed by atoms with van der Waals surface area (Å²) in [6.45, 7) is 28.5. The van der Waals surface area contributed by atoms with Crippen molar-refractivity contribution in [3.05, 3.63) is 0 Å². The Bertz CT molecular complexity index is 347. The van der Waals surface area contributed by atoms with E-state index in [1.165, 1.54) is 123 Å². The van der Waals surface area contributed by atoms with Crippen molar-refractivity contribution in [2.24, 2.45) is 5.41 Å². The number of nitrogens with zero attached hydrogens (tertiary/aromatic N) is 3. The van der Waals surface area contributed by atoms with E-state index >= 15 is 0 Å². The average molecular weight is 486 g/mol. The summed E-state index contributed by atoms with van der Waals surface area (Å²) in [7, 11) is -0.415. The van der Waals surface area contributed by atoms with Gasteiger partial charge < -0.3 is 19.1 Å². The maximum absolute atomic E-state index is 6.17. The Kier molecular flexibility index (Phi) is 22.6. The first-order valence-corrected chi connectivity index (χ1v) is 16.4. The van der Waals surface area contributed by atoms with Crippen molar-refractivity contribution in [2.45, 2.75) is 112 Å². The standard InChI is InChI=1S/C28H63N3OSi/c1-8-15-23-32-33-24-16-28(25-29(17-9-2)18-10-3,26-30(19-11-4)20-12-5)27-31(21-13-6)22-14-7/h8-27,33H2,1-7H3.